The third-order valence-corrected chi connectivity index (χ3v) is 9.16. The van der Waals surface area contributed by atoms with E-state index in [1.807, 2.05) is 6.07 Å². The summed E-state index contributed by atoms with van der Waals surface area (Å²) < 4.78 is 5.47. The highest BCUT2D eigenvalue weighted by molar-refractivity contribution is 6.61. The van der Waals surface area contributed by atoms with Crippen LogP contribution in [0.25, 0.3) is 0 Å². The van der Waals surface area contributed by atoms with Gasteiger partial charge in [0, 0.05) is 19.1 Å². The van der Waals surface area contributed by atoms with Gasteiger partial charge in [-0.1, -0.05) is 102 Å². The molecular weight excluding hydrogens is 501 g/mol. The Kier molecular flexibility index (Phi) is 10.9. The van der Waals surface area contributed by atoms with Crippen LogP contribution in [0.15, 0.2) is 60.7 Å². The minimum atomic E-state index is -0.730. The van der Waals surface area contributed by atoms with E-state index in [9.17, 15) is 5.02 Å². The van der Waals surface area contributed by atoms with Crippen LogP contribution in [0, 0.1) is 0 Å². The Bertz CT molecular complexity index is 1280. The monoisotopic (exact) mass is 553 g/mol. The quantitative estimate of drug-likeness (QED) is 0.330. The van der Waals surface area contributed by atoms with Crippen molar-refractivity contribution in [2.75, 3.05) is 6.54 Å². The van der Waals surface area contributed by atoms with Gasteiger partial charge < -0.3 is 9.68 Å². The maximum atomic E-state index is 9.69. The van der Waals surface area contributed by atoms with E-state index in [2.05, 4.69) is 115 Å². The van der Waals surface area contributed by atoms with Crippen molar-refractivity contribution in [3.05, 3.63) is 99.6 Å². The van der Waals surface area contributed by atoms with Crippen LogP contribution in [-0.2, 0) is 24.0 Å². The van der Waals surface area contributed by atoms with Crippen molar-refractivity contribution in [2.24, 2.45) is 0 Å². The van der Waals surface area contributed by atoms with E-state index >= 15 is 0 Å². The summed E-state index contributed by atoms with van der Waals surface area (Å²) in [5.41, 5.74) is 11.1. The molecule has 0 bridgehead atoms. The van der Waals surface area contributed by atoms with Crippen LogP contribution < -0.4 is 5.46 Å². The van der Waals surface area contributed by atoms with E-state index in [0.717, 1.165) is 29.9 Å². The number of fused-ring (bicyclic) bond motifs is 3. The van der Waals surface area contributed by atoms with Crippen molar-refractivity contribution in [3.63, 3.8) is 0 Å². The molecule has 3 aromatic rings. The zero-order chi connectivity index (χ0) is 29.7. The molecule has 0 saturated heterocycles. The highest BCUT2D eigenvalue weighted by atomic mass is 16.5. The predicted octanol–water partition coefficient (Wildman–Crippen LogP) is 8.29. The summed E-state index contributed by atoms with van der Waals surface area (Å²) in [4.78, 5) is 2.53. The first-order chi connectivity index (χ1) is 19.6. The van der Waals surface area contributed by atoms with Crippen LogP contribution in [-0.4, -0.2) is 29.6 Å². The van der Waals surface area contributed by atoms with Gasteiger partial charge in [-0.3, -0.25) is 4.90 Å². The average molecular weight is 554 g/mol. The molecule has 0 fully saturated rings. The third kappa shape index (κ3) is 7.72. The molecule has 2 aliphatic heterocycles. The molecule has 6 rings (SSSR count). The molecule has 0 amide bonds. The first-order valence-electron chi connectivity index (χ1n) is 16.0. The number of hydrogen-bond acceptors (Lipinski definition) is 3. The summed E-state index contributed by atoms with van der Waals surface area (Å²) >= 11 is 0. The lowest BCUT2D eigenvalue weighted by Gasteiger charge is -2.31. The van der Waals surface area contributed by atoms with E-state index in [1.54, 1.807) is 16.7 Å². The second-order valence-corrected chi connectivity index (χ2v) is 13.1. The molecule has 0 saturated carbocycles. The number of benzene rings is 3. The van der Waals surface area contributed by atoms with Crippen LogP contribution in [0.2, 0.25) is 0 Å². The maximum absolute atomic E-state index is 9.69. The molecule has 41 heavy (non-hydrogen) atoms. The van der Waals surface area contributed by atoms with Crippen molar-refractivity contribution in [2.45, 2.75) is 118 Å². The van der Waals surface area contributed by atoms with Gasteiger partial charge in [-0.2, -0.15) is 0 Å². The highest BCUT2D eigenvalue weighted by Crippen LogP contribution is 2.34. The molecule has 0 spiro atoms. The molecular formula is C37H52BNO2. The largest absolute Gasteiger partial charge is 0.491 e. The minimum Gasteiger partial charge on any atom is -0.423 e. The summed E-state index contributed by atoms with van der Waals surface area (Å²) in [6.07, 6.45) is 4.82. The fourth-order valence-corrected chi connectivity index (χ4v) is 6.22. The molecule has 4 heteroatoms. The molecule has 2 atom stereocenters. The molecule has 3 aromatic carbocycles. The van der Waals surface area contributed by atoms with Gasteiger partial charge in [-0.15, -0.1) is 0 Å². The fraction of sp³-hybridized carbons (Fsp3) is 0.514. The van der Waals surface area contributed by atoms with Gasteiger partial charge in [0.1, 0.15) is 0 Å². The molecule has 2 heterocycles. The molecule has 220 valence electrons. The lowest BCUT2D eigenvalue weighted by molar-refractivity contribution is 0.186. The summed E-state index contributed by atoms with van der Waals surface area (Å²) in [7, 11) is -0.730. The number of hydrogen-bond donors (Lipinski definition) is 1. The van der Waals surface area contributed by atoms with Gasteiger partial charge in [-0.05, 0) is 102 Å². The van der Waals surface area contributed by atoms with Gasteiger partial charge in [0.25, 0.3) is 0 Å². The van der Waals surface area contributed by atoms with Gasteiger partial charge >= 0.3 is 7.12 Å². The van der Waals surface area contributed by atoms with Crippen LogP contribution in [0.5, 0.6) is 0 Å². The lowest BCUT2D eigenvalue weighted by atomic mass is 9.78. The number of rotatable bonds is 4. The minimum absolute atomic E-state index is 0.0636. The molecule has 2 unspecified atom stereocenters. The summed E-state index contributed by atoms with van der Waals surface area (Å²) in [5, 5.41) is 9.69. The molecule has 0 aromatic heterocycles. The van der Waals surface area contributed by atoms with E-state index in [4.69, 9.17) is 4.65 Å². The Morgan fingerprint density at radius 3 is 2.10 bits per heavy atom. The van der Waals surface area contributed by atoms with E-state index < -0.39 is 7.12 Å². The normalized spacial score (nSPS) is 19.4. The standard InChI is InChI=1S/C13H18.C12H17BO2.C12H17N/c1-9(2)12-7-6-11-5-4-10(3)13(11)8-12;1-4-12-10-7-9(8(2)3)5-6-11(10)13(14)15-12;1-10(2)13-8-7-11-5-3-4-6-12(11)9-13/h6-10H,4-5H2,1-3H3;5-8,12,14H,4H2,1-3H3;3-6,10H,7-9H2,1-2H3. The summed E-state index contributed by atoms with van der Waals surface area (Å²) in [6.45, 7) is 20.2. The fourth-order valence-electron chi connectivity index (χ4n) is 6.22. The Morgan fingerprint density at radius 2 is 1.46 bits per heavy atom. The third-order valence-electron chi connectivity index (χ3n) is 9.16. The molecule has 3 aliphatic rings. The molecule has 1 aliphatic carbocycles. The number of nitrogens with zero attached hydrogens (tertiary/aromatic N) is 1. The van der Waals surface area contributed by atoms with Crippen molar-refractivity contribution >= 4 is 12.6 Å². The Hall–Kier alpha value is -2.40. The highest BCUT2D eigenvalue weighted by Gasteiger charge is 2.34. The van der Waals surface area contributed by atoms with Crippen LogP contribution in [0.4, 0.5) is 0 Å². The van der Waals surface area contributed by atoms with Crippen molar-refractivity contribution < 1.29 is 9.68 Å². The van der Waals surface area contributed by atoms with Crippen molar-refractivity contribution in [3.8, 4) is 0 Å². The molecule has 3 nitrogen and oxygen atoms in total. The molecule has 0 radical (unpaired) electrons. The average Bonchev–Trinajstić information content (AvgIpc) is 3.51. The first-order valence-corrected chi connectivity index (χ1v) is 16.0. The second kappa shape index (κ2) is 14.2. The summed E-state index contributed by atoms with van der Waals surface area (Å²) in [5.74, 6) is 1.97. The van der Waals surface area contributed by atoms with Crippen LogP contribution in [0.3, 0.4) is 0 Å². The summed E-state index contributed by atoms with van der Waals surface area (Å²) in [6, 6.07) is 22.7. The Labute approximate surface area is 250 Å². The Morgan fingerprint density at radius 1 is 0.829 bits per heavy atom. The maximum Gasteiger partial charge on any atom is 0.491 e. The van der Waals surface area contributed by atoms with Gasteiger partial charge in [0.05, 0.1) is 6.10 Å². The Balaban J connectivity index is 0.000000142. The van der Waals surface area contributed by atoms with Crippen molar-refractivity contribution in [1.82, 2.24) is 4.90 Å². The first kappa shape index (κ1) is 31.5. The second-order valence-electron chi connectivity index (χ2n) is 13.1. The zero-order valence-corrected chi connectivity index (χ0v) is 26.8. The van der Waals surface area contributed by atoms with Gasteiger partial charge in [0.2, 0.25) is 0 Å². The zero-order valence-electron chi connectivity index (χ0n) is 26.8. The molecule has 1 N–H and O–H groups in total. The van der Waals surface area contributed by atoms with Crippen molar-refractivity contribution in [1.29, 1.82) is 0 Å². The lowest BCUT2D eigenvalue weighted by Crippen LogP contribution is -2.35. The van der Waals surface area contributed by atoms with E-state index in [-0.39, 0.29) is 6.10 Å². The SMILES string of the molecule is CC(C)N1CCc2ccccc2C1.CC(C)c1ccc2c(c1)C(C)CC2.CCC1OB(O)c2ccc(C(C)C)cc21. The van der Waals surface area contributed by atoms with E-state index in [1.165, 1.54) is 42.5 Å². The van der Waals surface area contributed by atoms with Crippen LogP contribution >= 0.6 is 0 Å². The van der Waals surface area contributed by atoms with Crippen LogP contribution in [0.1, 0.15) is 131 Å². The number of aryl methyl sites for hydroxylation is 1. The van der Waals surface area contributed by atoms with Gasteiger partial charge in [0.15, 0.2) is 0 Å². The van der Waals surface area contributed by atoms with E-state index in [0.29, 0.717) is 17.9 Å². The van der Waals surface area contributed by atoms with Gasteiger partial charge in [-0.25, -0.2) is 0 Å². The topological polar surface area (TPSA) is 32.7 Å². The smallest absolute Gasteiger partial charge is 0.423 e. The predicted molar refractivity (Wildman–Crippen MR) is 175 cm³/mol.